The quantitative estimate of drug-likeness (QED) is 0.870. The van der Waals surface area contributed by atoms with Crippen molar-refractivity contribution in [2.45, 2.75) is 49.6 Å². The number of hydrogen-bond donors (Lipinski definition) is 1. The lowest BCUT2D eigenvalue weighted by molar-refractivity contribution is -0.121. The Morgan fingerprint density at radius 1 is 1.33 bits per heavy atom. The van der Waals surface area contributed by atoms with Gasteiger partial charge in [-0.25, -0.2) is 8.42 Å². The summed E-state index contributed by atoms with van der Waals surface area (Å²) in [4.78, 5) is 13.1. The van der Waals surface area contributed by atoms with Crippen molar-refractivity contribution in [3.05, 3.63) is 41.6 Å². The summed E-state index contributed by atoms with van der Waals surface area (Å²) in [6.45, 7) is 4.09. The van der Waals surface area contributed by atoms with Crippen LogP contribution in [0.2, 0.25) is 0 Å². The zero-order valence-corrected chi connectivity index (χ0v) is 16.6. The highest BCUT2D eigenvalue weighted by Crippen LogP contribution is 2.50. The molecule has 4 rings (SSSR count). The van der Waals surface area contributed by atoms with Crippen LogP contribution in [0.15, 0.2) is 35.5 Å². The van der Waals surface area contributed by atoms with E-state index < -0.39 is 21.5 Å². The molecule has 0 aliphatic carbocycles. The minimum Gasteiger partial charge on any atom is -0.325 e. The molecule has 1 spiro atoms. The first-order chi connectivity index (χ1) is 12.8. The molecular formula is C19H24N4O3S. The van der Waals surface area contributed by atoms with E-state index in [9.17, 15) is 13.2 Å². The number of aromatic nitrogens is 2. The fourth-order valence-electron chi connectivity index (χ4n) is 4.74. The Morgan fingerprint density at radius 3 is 2.74 bits per heavy atom. The summed E-state index contributed by atoms with van der Waals surface area (Å²) < 4.78 is 30.0. The van der Waals surface area contributed by atoms with Crippen molar-refractivity contribution in [1.29, 1.82) is 0 Å². The van der Waals surface area contributed by atoms with Crippen molar-refractivity contribution in [2.24, 2.45) is 7.05 Å². The average Bonchev–Trinajstić information content (AvgIpc) is 3.26. The molecule has 2 aliphatic heterocycles. The first-order valence-corrected chi connectivity index (χ1v) is 10.7. The molecule has 0 saturated carbocycles. The molecule has 1 aromatic heterocycles. The van der Waals surface area contributed by atoms with Crippen molar-refractivity contribution in [1.82, 2.24) is 14.1 Å². The summed E-state index contributed by atoms with van der Waals surface area (Å²) in [6, 6.07) is 7.21. The molecule has 27 heavy (non-hydrogen) atoms. The Bertz CT molecular complexity index is 994. The molecule has 8 heteroatoms. The molecule has 1 fully saturated rings. The molecule has 3 heterocycles. The fraction of sp³-hybridized carbons (Fsp3) is 0.474. The lowest BCUT2D eigenvalue weighted by atomic mass is 9.74. The van der Waals surface area contributed by atoms with Crippen LogP contribution in [0.5, 0.6) is 0 Å². The van der Waals surface area contributed by atoms with Crippen molar-refractivity contribution in [3.8, 4) is 0 Å². The van der Waals surface area contributed by atoms with Gasteiger partial charge in [-0.15, -0.1) is 0 Å². The molecule has 1 amide bonds. The summed E-state index contributed by atoms with van der Waals surface area (Å²) >= 11 is 0. The average molecular weight is 388 g/mol. The van der Waals surface area contributed by atoms with E-state index in [4.69, 9.17) is 0 Å². The Kier molecular flexibility index (Phi) is 4.16. The van der Waals surface area contributed by atoms with E-state index in [-0.39, 0.29) is 10.9 Å². The smallest absolute Gasteiger partial charge is 0.260 e. The summed E-state index contributed by atoms with van der Waals surface area (Å²) in [5.74, 6) is -0.0958. The monoisotopic (exact) mass is 388 g/mol. The van der Waals surface area contributed by atoms with Gasteiger partial charge in [-0.05, 0) is 31.4 Å². The number of aryl methyl sites for hydroxylation is 2. The summed E-state index contributed by atoms with van der Waals surface area (Å²) in [5, 5.41) is 7.27. The molecule has 0 radical (unpaired) electrons. The fourth-order valence-corrected chi connectivity index (χ4v) is 6.75. The predicted octanol–water partition coefficient (Wildman–Crippen LogP) is 2.18. The van der Waals surface area contributed by atoms with Gasteiger partial charge < -0.3 is 5.32 Å². The van der Waals surface area contributed by atoms with Crippen LogP contribution in [-0.2, 0) is 27.3 Å². The van der Waals surface area contributed by atoms with E-state index in [2.05, 4.69) is 10.4 Å². The molecule has 0 bridgehead atoms. The second kappa shape index (κ2) is 6.17. The van der Waals surface area contributed by atoms with Crippen LogP contribution in [0.1, 0.15) is 37.3 Å². The van der Waals surface area contributed by atoms with Gasteiger partial charge in [-0.2, -0.15) is 9.40 Å². The van der Waals surface area contributed by atoms with Crippen molar-refractivity contribution < 1.29 is 13.2 Å². The molecule has 144 valence electrons. The number of carbonyl (C=O) groups excluding carboxylic acids is 1. The normalized spacial score (nSPS) is 25.1. The molecular weight excluding hydrogens is 364 g/mol. The van der Waals surface area contributed by atoms with Crippen LogP contribution in [-0.4, -0.2) is 41.0 Å². The number of fused-ring (bicyclic) bond motifs is 2. The van der Waals surface area contributed by atoms with Gasteiger partial charge in [-0.1, -0.05) is 31.5 Å². The number of hydrogen-bond acceptors (Lipinski definition) is 4. The number of rotatable bonds is 4. The van der Waals surface area contributed by atoms with E-state index in [0.717, 1.165) is 17.7 Å². The van der Waals surface area contributed by atoms with Crippen LogP contribution in [0.3, 0.4) is 0 Å². The molecule has 1 N–H and O–H groups in total. The topological polar surface area (TPSA) is 84.3 Å². The van der Waals surface area contributed by atoms with Gasteiger partial charge in [0, 0.05) is 30.9 Å². The first-order valence-electron chi connectivity index (χ1n) is 9.25. The van der Waals surface area contributed by atoms with Crippen LogP contribution in [0.25, 0.3) is 0 Å². The number of nitrogens with zero attached hydrogens (tertiary/aromatic N) is 3. The molecule has 2 aliphatic rings. The van der Waals surface area contributed by atoms with Gasteiger partial charge in [0.15, 0.2) is 5.03 Å². The van der Waals surface area contributed by atoms with Gasteiger partial charge >= 0.3 is 0 Å². The zero-order valence-electron chi connectivity index (χ0n) is 15.8. The highest BCUT2D eigenvalue weighted by Gasteiger charge is 2.60. The molecule has 1 aromatic carbocycles. The molecule has 1 saturated heterocycles. The maximum absolute atomic E-state index is 13.5. The third-order valence-electron chi connectivity index (χ3n) is 5.88. The van der Waals surface area contributed by atoms with E-state index in [1.807, 2.05) is 31.2 Å². The Hall–Kier alpha value is -2.19. The van der Waals surface area contributed by atoms with E-state index in [1.54, 1.807) is 20.2 Å². The maximum Gasteiger partial charge on any atom is 0.260 e. The van der Waals surface area contributed by atoms with Crippen molar-refractivity contribution in [3.63, 3.8) is 0 Å². The van der Waals surface area contributed by atoms with Gasteiger partial charge in [0.25, 0.3) is 10.0 Å². The minimum absolute atomic E-state index is 0.0958. The maximum atomic E-state index is 13.5. The van der Waals surface area contributed by atoms with Crippen LogP contribution < -0.4 is 5.32 Å². The lowest BCUT2D eigenvalue weighted by Gasteiger charge is -2.33. The summed E-state index contributed by atoms with van der Waals surface area (Å²) in [6.07, 6.45) is 3.46. The second-order valence-electron chi connectivity index (χ2n) is 7.40. The number of carbonyl (C=O) groups is 1. The highest BCUT2D eigenvalue weighted by molar-refractivity contribution is 7.89. The van der Waals surface area contributed by atoms with Gasteiger partial charge in [0.2, 0.25) is 5.91 Å². The number of amides is 1. The molecule has 0 unspecified atom stereocenters. The van der Waals surface area contributed by atoms with Gasteiger partial charge in [0.05, 0.1) is 11.6 Å². The molecule has 7 nitrogen and oxygen atoms in total. The van der Waals surface area contributed by atoms with Crippen LogP contribution >= 0.6 is 0 Å². The standard InChI is InChI=1S/C19H24N4O3S/c1-4-7-16-19(14-8-5-6-9-15(14)21-18(19)24)10-11-23(16)27(25,26)17-13(2)12-20-22(17)3/h5-6,8-9,12,16H,4,7,10-11H2,1-3H3,(H,21,24)/t16-,19+/m0/s1. The third kappa shape index (κ3) is 2.39. The Balaban J connectivity index is 1.85. The van der Waals surface area contributed by atoms with Crippen molar-refractivity contribution in [2.75, 3.05) is 11.9 Å². The highest BCUT2D eigenvalue weighted by atomic mass is 32.2. The second-order valence-corrected chi connectivity index (χ2v) is 9.20. The minimum atomic E-state index is -3.76. The first kappa shape index (κ1) is 18.2. The largest absolute Gasteiger partial charge is 0.325 e. The van der Waals surface area contributed by atoms with Crippen LogP contribution in [0, 0.1) is 6.92 Å². The summed E-state index contributed by atoms with van der Waals surface area (Å²) in [5.41, 5.74) is 1.49. The van der Waals surface area contributed by atoms with Gasteiger partial charge in [-0.3, -0.25) is 9.48 Å². The Morgan fingerprint density at radius 2 is 2.07 bits per heavy atom. The number of para-hydroxylation sites is 1. The third-order valence-corrected chi connectivity index (χ3v) is 8.00. The molecule has 2 atom stereocenters. The van der Waals surface area contributed by atoms with E-state index >= 15 is 0 Å². The van der Waals surface area contributed by atoms with Gasteiger partial charge in [0.1, 0.15) is 0 Å². The van der Waals surface area contributed by atoms with Crippen LogP contribution in [0.4, 0.5) is 5.69 Å². The SMILES string of the molecule is CCC[C@@H]1N(S(=O)(=O)c2c(C)cnn2C)CC[C@]12C(=O)Nc1ccccc12. The van der Waals surface area contributed by atoms with Crippen molar-refractivity contribution >= 4 is 21.6 Å². The zero-order chi connectivity index (χ0) is 19.4. The number of nitrogens with one attached hydrogen (secondary N) is 1. The van der Waals surface area contributed by atoms with E-state index in [0.29, 0.717) is 24.9 Å². The number of anilines is 1. The molecule has 2 aromatic rings. The van der Waals surface area contributed by atoms with E-state index in [1.165, 1.54) is 8.99 Å². The summed E-state index contributed by atoms with van der Waals surface area (Å²) in [7, 11) is -2.13. The number of sulfonamides is 1. The Labute approximate surface area is 159 Å². The predicted molar refractivity (Wildman–Crippen MR) is 102 cm³/mol. The number of benzene rings is 1. The lowest BCUT2D eigenvalue weighted by Crippen LogP contribution is -2.49.